The Labute approximate surface area is 176 Å². The quantitative estimate of drug-likeness (QED) is 0.362. The van der Waals surface area contributed by atoms with Gasteiger partial charge in [0.2, 0.25) is 5.95 Å². The molecule has 4 aromatic rings. The van der Waals surface area contributed by atoms with Crippen molar-refractivity contribution in [3.8, 4) is 10.6 Å². The average Bonchev–Trinajstić information content (AvgIpc) is 3.08. The molecule has 8 nitrogen and oxygen atoms in total. The van der Waals surface area contributed by atoms with Gasteiger partial charge >= 0.3 is 5.63 Å². The number of Topliss-reactive ketones (excluding diaryl/α,β-unsaturated/α-hetero) is 1. The van der Waals surface area contributed by atoms with Gasteiger partial charge in [-0.15, -0.1) is 0 Å². The number of carbonyl (C=O) groups excluding carboxylic acids is 1. The minimum absolute atomic E-state index is 0.0834. The van der Waals surface area contributed by atoms with Crippen LogP contribution in [0.4, 0.5) is 16.8 Å². The fourth-order valence-electron chi connectivity index (χ4n) is 3.26. The number of hydrogen-bond acceptors (Lipinski definition) is 9. The first kappa shape index (κ1) is 19.7. The summed E-state index contributed by atoms with van der Waals surface area (Å²) in [4.78, 5) is 38.2. The summed E-state index contributed by atoms with van der Waals surface area (Å²) in [5.74, 6) is 0.0976. The molecule has 0 spiro atoms. The Morgan fingerprint density at radius 1 is 1.17 bits per heavy atom. The first-order valence-electron chi connectivity index (χ1n) is 9.21. The van der Waals surface area contributed by atoms with Crippen molar-refractivity contribution in [1.29, 1.82) is 0 Å². The van der Waals surface area contributed by atoms with Gasteiger partial charge in [0.1, 0.15) is 11.1 Å². The fraction of sp³-hybridized carbons (Fsp3) is 0.190. The van der Waals surface area contributed by atoms with Gasteiger partial charge in [0.15, 0.2) is 10.9 Å². The number of nitrogens with zero attached hydrogens (tertiary/aromatic N) is 3. The molecule has 3 aromatic heterocycles. The van der Waals surface area contributed by atoms with E-state index in [9.17, 15) is 9.59 Å². The number of aryl methyl sites for hydroxylation is 2. The summed E-state index contributed by atoms with van der Waals surface area (Å²) in [6.45, 7) is 5.03. The Bertz CT molecular complexity index is 1340. The smallest absolute Gasteiger partial charge is 0.347 e. The second-order valence-electron chi connectivity index (χ2n) is 6.73. The maximum absolute atomic E-state index is 12.2. The average molecular weight is 421 g/mol. The Morgan fingerprint density at radius 3 is 2.67 bits per heavy atom. The molecular weight excluding hydrogens is 402 g/mol. The maximum atomic E-state index is 12.2. The van der Waals surface area contributed by atoms with Gasteiger partial charge in [0.05, 0.1) is 16.3 Å². The van der Waals surface area contributed by atoms with E-state index in [1.165, 1.54) is 18.3 Å². The third-order valence-corrected chi connectivity index (χ3v) is 5.87. The van der Waals surface area contributed by atoms with E-state index in [-0.39, 0.29) is 11.3 Å². The number of fused-ring (bicyclic) bond motifs is 1. The zero-order chi connectivity index (χ0) is 21.4. The third-order valence-electron chi connectivity index (χ3n) is 4.67. The number of aromatic nitrogens is 3. The first-order chi connectivity index (χ1) is 14.4. The zero-order valence-corrected chi connectivity index (χ0v) is 17.7. The van der Waals surface area contributed by atoms with Crippen molar-refractivity contribution < 1.29 is 9.21 Å². The lowest BCUT2D eigenvalue weighted by atomic mass is 10.0. The van der Waals surface area contributed by atoms with Gasteiger partial charge in [-0.05, 0) is 44.5 Å². The van der Waals surface area contributed by atoms with Crippen LogP contribution in [0.1, 0.15) is 28.5 Å². The van der Waals surface area contributed by atoms with Gasteiger partial charge < -0.3 is 15.1 Å². The molecule has 9 heteroatoms. The van der Waals surface area contributed by atoms with E-state index in [2.05, 4.69) is 25.6 Å². The molecule has 30 heavy (non-hydrogen) atoms. The normalized spacial score (nSPS) is 10.9. The van der Waals surface area contributed by atoms with Crippen molar-refractivity contribution in [3.05, 3.63) is 57.7 Å². The predicted molar refractivity (Wildman–Crippen MR) is 118 cm³/mol. The van der Waals surface area contributed by atoms with E-state index < -0.39 is 5.63 Å². The summed E-state index contributed by atoms with van der Waals surface area (Å²) in [6.07, 6.45) is 1.67. The molecule has 0 saturated carbocycles. The molecule has 3 heterocycles. The SMILES string of the molecule is CNc1nc(C)c(-c2ccnc(Nc3ccc4c(C)c(C(C)=O)c(=O)oc4c3)n2)s1. The van der Waals surface area contributed by atoms with E-state index in [1.807, 2.05) is 26.1 Å². The lowest BCUT2D eigenvalue weighted by molar-refractivity contribution is 0.101. The van der Waals surface area contributed by atoms with Crippen molar-refractivity contribution in [2.45, 2.75) is 20.8 Å². The van der Waals surface area contributed by atoms with Gasteiger partial charge in [0, 0.05) is 30.4 Å². The highest BCUT2D eigenvalue weighted by Gasteiger charge is 2.16. The molecule has 0 bridgehead atoms. The lowest BCUT2D eigenvalue weighted by Crippen LogP contribution is -2.14. The molecular formula is C21H19N5O3S. The molecule has 4 rings (SSSR count). The molecule has 0 unspecified atom stereocenters. The molecule has 1 aromatic carbocycles. The molecule has 0 atom stereocenters. The van der Waals surface area contributed by atoms with Crippen LogP contribution in [0.5, 0.6) is 0 Å². The van der Waals surface area contributed by atoms with Crippen LogP contribution in [0, 0.1) is 13.8 Å². The van der Waals surface area contributed by atoms with Crippen LogP contribution in [0.2, 0.25) is 0 Å². The molecule has 0 aliphatic heterocycles. The molecule has 0 radical (unpaired) electrons. The van der Waals surface area contributed by atoms with Crippen LogP contribution >= 0.6 is 11.3 Å². The summed E-state index contributed by atoms with van der Waals surface area (Å²) in [5.41, 5.74) is 2.76. The van der Waals surface area contributed by atoms with Gasteiger partial charge in [-0.2, -0.15) is 0 Å². The lowest BCUT2D eigenvalue weighted by Gasteiger charge is -2.09. The Morgan fingerprint density at radius 2 is 1.97 bits per heavy atom. The minimum atomic E-state index is -0.635. The molecule has 152 valence electrons. The summed E-state index contributed by atoms with van der Waals surface area (Å²) >= 11 is 1.52. The maximum Gasteiger partial charge on any atom is 0.347 e. The standard InChI is InChI=1S/C21H19N5O3S/c1-10-14-6-5-13(9-16(14)29-19(28)17(10)12(3)27)25-20-23-8-7-15(26-20)18-11(2)24-21(22-4)30-18/h5-9H,1-4H3,(H,22,24)(H,23,25,26). The third kappa shape index (κ3) is 3.55. The monoisotopic (exact) mass is 421 g/mol. The molecule has 0 aliphatic carbocycles. The number of rotatable bonds is 5. The molecule has 0 amide bonds. The van der Waals surface area contributed by atoms with E-state index in [0.29, 0.717) is 28.2 Å². The van der Waals surface area contributed by atoms with Crippen LogP contribution < -0.4 is 16.3 Å². The van der Waals surface area contributed by atoms with E-state index in [1.54, 1.807) is 25.3 Å². The Balaban J connectivity index is 1.69. The van der Waals surface area contributed by atoms with Crippen LogP contribution in [-0.4, -0.2) is 27.8 Å². The van der Waals surface area contributed by atoms with Crippen LogP contribution in [0.15, 0.2) is 39.7 Å². The number of carbonyl (C=O) groups is 1. The summed E-state index contributed by atoms with van der Waals surface area (Å²) in [6, 6.07) is 7.16. The largest absolute Gasteiger partial charge is 0.422 e. The summed E-state index contributed by atoms with van der Waals surface area (Å²) < 4.78 is 5.37. The second-order valence-corrected chi connectivity index (χ2v) is 7.73. The van der Waals surface area contributed by atoms with Crippen molar-refractivity contribution in [1.82, 2.24) is 15.0 Å². The molecule has 0 saturated heterocycles. The van der Waals surface area contributed by atoms with Crippen molar-refractivity contribution >= 4 is 44.9 Å². The number of hydrogen-bond donors (Lipinski definition) is 2. The van der Waals surface area contributed by atoms with Crippen molar-refractivity contribution in [2.24, 2.45) is 0 Å². The van der Waals surface area contributed by atoms with Gasteiger partial charge in [0.25, 0.3) is 0 Å². The predicted octanol–water partition coefficient (Wildman–Crippen LogP) is 4.31. The molecule has 0 fully saturated rings. The number of ketones is 1. The Hall–Kier alpha value is -3.59. The van der Waals surface area contributed by atoms with Crippen LogP contribution in [-0.2, 0) is 0 Å². The van der Waals surface area contributed by atoms with Gasteiger partial charge in [-0.25, -0.2) is 19.7 Å². The van der Waals surface area contributed by atoms with Crippen LogP contribution in [0.3, 0.4) is 0 Å². The highest BCUT2D eigenvalue weighted by molar-refractivity contribution is 7.19. The van der Waals surface area contributed by atoms with E-state index in [0.717, 1.165) is 21.4 Å². The minimum Gasteiger partial charge on any atom is -0.422 e. The van der Waals surface area contributed by atoms with E-state index in [4.69, 9.17) is 4.42 Å². The fourth-order valence-corrected chi connectivity index (χ4v) is 4.15. The topological polar surface area (TPSA) is 110 Å². The number of anilines is 3. The first-order valence-corrected chi connectivity index (χ1v) is 10.0. The van der Waals surface area contributed by atoms with Crippen molar-refractivity contribution in [2.75, 3.05) is 17.7 Å². The van der Waals surface area contributed by atoms with Gasteiger partial charge in [-0.3, -0.25) is 4.79 Å². The molecule has 2 N–H and O–H groups in total. The number of nitrogens with one attached hydrogen (secondary N) is 2. The zero-order valence-electron chi connectivity index (χ0n) is 16.9. The summed E-state index contributed by atoms with van der Waals surface area (Å²) in [5, 5.41) is 7.71. The highest BCUT2D eigenvalue weighted by atomic mass is 32.1. The van der Waals surface area contributed by atoms with Crippen LogP contribution in [0.25, 0.3) is 21.5 Å². The summed E-state index contributed by atoms with van der Waals surface area (Å²) in [7, 11) is 1.83. The second kappa shape index (κ2) is 7.68. The van der Waals surface area contributed by atoms with Crippen molar-refractivity contribution in [3.63, 3.8) is 0 Å². The number of thiazole rings is 1. The van der Waals surface area contributed by atoms with E-state index >= 15 is 0 Å². The Kier molecular flexibility index (Phi) is 5.04. The number of benzene rings is 1. The highest BCUT2D eigenvalue weighted by Crippen LogP contribution is 2.32. The van der Waals surface area contributed by atoms with Gasteiger partial charge in [-0.1, -0.05) is 11.3 Å². The molecule has 0 aliphatic rings.